The van der Waals surface area contributed by atoms with E-state index in [1.54, 1.807) is 24.3 Å². The van der Waals surface area contributed by atoms with Crippen LogP contribution in [-0.4, -0.2) is 17.5 Å². The Labute approximate surface area is 86.8 Å². The van der Waals surface area contributed by atoms with Crippen LogP contribution in [0.1, 0.15) is 5.56 Å². The van der Waals surface area contributed by atoms with Gasteiger partial charge in [0.1, 0.15) is 10.7 Å². The highest BCUT2D eigenvalue weighted by atomic mass is 32.1. The number of carbonyl (C=O) groups excluding carboxylic acids is 1. The first-order valence-corrected chi connectivity index (χ1v) is 4.31. The zero-order valence-electron chi connectivity index (χ0n) is 7.40. The van der Waals surface area contributed by atoms with Crippen LogP contribution in [0.2, 0.25) is 0 Å². The van der Waals surface area contributed by atoms with Crippen molar-refractivity contribution in [1.29, 1.82) is 0 Å². The molecule has 0 atom stereocenters. The summed E-state index contributed by atoms with van der Waals surface area (Å²) in [5.41, 5.74) is 11.0. The van der Waals surface area contributed by atoms with Crippen LogP contribution in [0.4, 0.5) is 0 Å². The van der Waals surface area contributed by atoms with Crippen LogP contribution < -0.4 is 16.2 Å². The van der Waals surface area contributed by atoms with E-state index in [9.17, 15) is 4.79 Å². The second-order valence-electron chi connectivity index (χ2n) is 2.65. The number of rotatable bonds is 4. The molecule has 0 saturated carbocycles. The quantitative estimate of drug-likeness (QED) is 0.695. The molecular weight excluding hydrogens is 200 g/mol. The molecule has 0 aliphatic heterocycles. The van der Waals surface area contributed by atoms with E-state index in [0.29, 0.717) is 11.3 Å². The largest absolute Gasteiger partial charge is 0.484 e. The summed E-state index contributed by atoms with van der Waals surface area (Å²) >= 11 is 4.79. The Morgan fingerprint density at radius 3 is 2.71 bits per heavy atom. The van der Waals surface area contributed by atoms with E-state index in [0.717, 1.165) is 0 Å². The van der Waals surface area contributed by atoms with Crippen molar-refractivity contribution < 1.29 is 9.53 Å². The van der Waals surface area contributed by atoms with Crippen molar-refractivity contribution in [2.75, 3.05) is 6.61 Å². The lowest BCUT2D eigenvalue weighted by atomic mass is 10.2. The van der Waals surface area contributed by atoms with Crippen LogP contribution >= 0.6 is 12.2 Å². The van der Waals surface area contributed by atoms with Gasteiger partial charge in [-0.3, -0.25) is 4.79 Å². The van der Waals surface area contributed by atoms with Gasteiger partial charge < -0.3 is 16.2 Å². The summed E-state index contributed by atoms with van der Waals surface area (Å²) in [5, 5.41) is 0. The highest BCUT2D eigenvalue weighted by Gasteiger charge is 2.00. The first-order chi connectivity index (χ1) is 6.59. The zero-order valence-corrected chi connectivity index (χ0v) is 8.21. The fourth-order valence-corrected chi connectivity index (χ4v) is 1.02. The van der Waals surface area contributed by atoms with Crippen LogP contribution in [0.25, 0.3) is 0 Å². The molecule has 0 bridgehead atoms. The third-order valence-corrected chi connectivity index (χ3v) is 1.74. The molecule has 0 spiro atoms. The predicted molar refractivity (Wildman–Crippen MR) is 57.0 cm³/mol. The lowest BCUT2D eigenvalue weighted by Gasteiger charge is -2.04. The van der Waals surface area contributed by atoms with Gasteiger partial charge in [-0.05, 0) is 12.1 Å². The average molecular weight is 210 g/mol. The topological polar surface area (TPSA) is 78.3 Å². The van der Waals surface area contributed by atoms with Gasteiger partial charge in [0.15, 0.2) is 6.61 Å². The van der Waals surface area contributed by atoms with Crippen molar-refractivity contribution in [3.63, 3.8) is 0 Å². The zero-order chi connectivity index (χ0) is 10.6. The second kappa shape index (κ2) is 4.57. The summed E-state index contributed by atoms with van der Waals surface area (Å²) in [6.45, 7) is -0.152. The first kappa shape index (κ1) is 10.5. The molecule has 74 valence electrons. The van der Waals surface area contributed by atoms with Gasteiger partial charge in [0.2, 0.25) is 0 Å². The molecule has 0 radical (unpaired) electrons. The van der Waals surface area contributed by atoms with Crippen molar-refractivity contribution >= 4 is 23.1 Å². The molecule has 0 aromatic heterocycles. The van der Waals surface area contributed by atoms with E-state index < -0.39 is 5.91 Å². The molecule has 1 aromatic carbocycles. The lowest BCUT2D eigenvalue weighted by molar-refractivity contribution is -0.119. The summed E-state index contributed by atoms with van der Waals surface area (Å²) in [5.74, 6) is -0.000159. The van der Waals surface area contributed by atoms with E-state index in [1.807, 2.05) is 0 Å². The number of thiocarbonyl (C=S) groups is 1. The molecule has 5 heteroatoms. The summed E-state index contributed by atoms with van der Waals surface area (Å²) in [6.07, 6.45) is 0. The molecule has 0 fully saturated rings. The molecule has 14 heavy (non-hydrogen) atoms. The minimum absolute atomic E-state index is 0.152. The fraction of sp³-hybridized carbons (Fsp3) is 0.111. The molecule has 0 saturated heterocycles. The fourth-order valence-electron chi connectivity index (χ4n) is 0.894. The Hall–Kier alpha value is -1.62. The summed E-state index contributed by atoms with van der Waals surface area (Å²) in [7, 11) is 0. The van der Waals surface area contributed by atoms with Gasteiger partial charge in [-0.1, -0.05) is 24.4 Å². The normalized spacial score (nSPS) is 9.43. The third kappa shape index (κ3) is 3.02. The Balaban J connectivity index is 2.73. The van der Waals surface area contributed by atoms with Crippen LogP contribution in [0.3, 0.4) is 0 Å². The number of hydrogen-bond acceptors (Lipinski definition) is 3. The van der Waals surface area contributed by atoms with E-state index in [4.69, 9.17) is 28.4 Å². The van der Waals surface area contributed by atoms with Gasteiger partial charge in [-0.2, -0.15) is 0 Å². The number of amides is 1. The van der Waals surface area contributed by atoms with Gasteiger partial charge in [0.05, 0.1) is 0 Å². The molecule has 4 nitrogen and oxygen atoms in total. The van der Waals surface area contributed by atoms with Crippen molar-refractivity contribution in [2.24, 2.45) is 11.5 Å². The molecule has 4 N–H and O–H groups in total. The van der Waals surface area contributed by atoms with Crippen LogP contribution in [0.5, 0.6) is 5.75 Å². The molecule has 0 unspecified atom stereocenters. The number of nitrogens with two attached hydrogens (primary N) is 2. The Morgan fingerprint density at radius 1 is 1.43 bits per heavy atom. The molecule has 1 amide bonds. The molecule has 0 heterocycles. The smallest absolute Gasteiger partial charge is 0.255 e. The van der Waals surface area contributed by atoms with Crippen molar-refractivity contribution in [3.8, 4) is 5.75 Å². The SMILES string of the molecule is NC(=O)COc1cccc(C(N)=S)c1. The highest BCUT2D eigenvalue weighted by Crippen LogP contribution is 2.12. The Kier molecular flexibility index (Phi) is 3.41. The third-order valence-electron chi connectivity index (χ3n) is 1.50. The number of ether oxygens (including phenoxy) is 1. The van der Waals surface area contributed by atoms with Crippen molar-refractivity contribution in [1.82, 2.24) is 0 Å². The lowest BCUT2D eigenvalue weighted by Crippen LogP contribution is -2.20. The van der Waals surface area contributed by atoms with Gasteiger partial charge in [0.25, 0.3) is 5.91 Å². The molecule has 0 aliphatic rings. The average Bonchev–Trinajstić information content (AvgIpc) is 2.15. The van der Waals surface area contributed by atoms with E-state index in [2.05, 4.69) is 0 Å². The number of carbonyl (C=O) groups is 1. The Bertz CT molecular complexity index is 366. The van der Waals surface area contributed by atoms with Crippen LogP contribution in [-0.2, 0) is 4.79 Å². The maximum absolute atomic E-state index is 10.4. The van der Waals surface area contributed by atoms with Crippen molar-refractivity contribution in [2.45, 2.75) is 0 Å². The minimum atomic E-state index is -0.522. The van der Waals surface area contributed by atoms with E-state index in [-0.39, 0.29) is 11.6 Å². The van der Waals surface area contributed by atoms with E-state index in [1.165, 1.54) is 0 Å². The number of primary amides is 1. The van der Waals surface area contributed by atoms with Gasteiger partial charge in [-0.25, -0.2) is 0 Å². The standard InChI is InChI=1S/C9H10N2O2S/c10-8(12)5-13-7-3-1-2-6(4-7)9(11)14/h1-4H,5H2,(H2,10,12)(H2,11,14). The summed E-state index contributed by atoms with van der Waals surface area (Å²) in [6, 6.07) is 6.86. The monoisotopic (exact) mass is 210 g/mol. The summed E-state index contributed by atoms with van der Waals surface area (Å²) in [4.78, 5) is 10.7. The van der Waals surface area contributed by atoms with Crippen LogP contribution in [0, 0.1) is 0 Å². The second-order valence-corrected chi connectivity index (χ2v) is 3.09. The molecule has 1 rings (SSSR count). The predicted octanol–water partition coefficient (Wildman–Crippen LogP) is 0.185. The maximum atomic E-state index is 10.4. The highest BCUT2D eigenvalue weighted by molar-refractivity contribution is 7.80. The van der Waals surface area contributed by atoms with Gasteiger partial charge >= 0.3 is 0 Å². The first-order valence-electron chi connectivity index (χ1n) is 3.90. The van der Waals surface area contributed by atoms with Crippen molar-refractivity contribution in [3.05, 3.63) is 29.8 Å². The summed E-state index contributed by atoms with van der Waals surface area (Å²) < 4.78 is 5.07. The van der Waals surface area contributed by atoms with Crippen LogP contribution in [0.15, 0.2) is 24.3 Å². The number of hydrogen-bond donors (Lipinski definition) is 2. The molecule has 0 aliphatic carbocycles. The van der Waals surface area contributed by atoms with E-state index >= 15 is 0 Å². The Morgan fingerprint density at radius 2 is 2.14 bits per heavy atom. The maximum Gasteiger partial charge on any atom is 0.255 e. The molecule has 1 aromatic rings. The molecular formula is C9H10N2O2S. The van der Waals surface area contributed by atoms with Gasteiger partial charge in [0, 0.05) is 5.56 Å². The minimum Gasteiger partial charge on any atom is -0.484 e. The van der Waals surface area contributed by atoms with Gasteiger partial charge in [-0.15, -0.1) is 0 Å². The number of benzene rings is 1.